The van der Waals surface area contributed by atoms with E-state index in [1.165, 1.54) is 185 Å². The van der Waals surface area contributed by atoms with Crippen molar-refractivity contribution in [2.75, 3.05) is 22.9 Å². The fraction of sp³-hybridized carbons (Fsp3) is 0.0625. The summed E-state index contributed by atoms with van der Waals surface area (Å²) in [5.41, 5.74) is 30.5. The smallest absolute Gasteiger partial charge is 0.252 e. The second-order valence-corrected chi connectivity index (χ2v) is 29.7. The van der Waals surface area contributed by atoms with Crippen molar-refractivity contribution in [1.29, 1.82) is 0 Å². The number of aromatic nitrogens is 1. The molecular formula is C96H68BN3S2. The summed E-state index contributed by atoms with van der Waals surface area (Å²) < 4.78 is 7.84. The van der Waals surface area contributed by atoms with Gasteiger partial charge >= 0.3 is 0 Å². The van der Waals surface area contributed by atoms with Crippen molar-refractivity contribution in [2.45, 2.75) is 25.8 Å². The molecule has 2 aliphatic rings. The van der Waals surface area contributed by atoms with Crippen LogP contribution in [-0.2, 0) is 25.8 Å². The molecule has 3 nitrogen and oxygen atoms in total. The van der Waals surface area contributed by atoms with Gasteiger partial charge in [-0.3, -0.25) is 0 Å². The van der Waals surface area contributed by atoms with E-state index in [0.717, 1.165) is 38.9 Å². The van der Waals surface area contributed by atoms with Crippen LogP contribution in [0.1, 0.15) is 16.7 Å². The van der Waals surface area contributed by atoms with E-state index in [0.29, 0.717) is 0 Å². The van der Waals surface area contributed by atoms with E-state index in [9.17, 15) is 0 Å². The molecular weight excluding hydrogens is 1270 g/mol. The van der Waals surface area contributed by atoms with E-state index in [2.05, 4.69) is 354 Å². The summed E-state index contributed by atoms with van der Waals surface area (Å²) in [4.78, 5) is 5.53. The number of hydrogen-bond donors (Lipinski definition) is 0. The Bertz CT molecular complexity index is 5800. The van der Waals surface area contributed by atoms with Gasteiger partial charge in [-0.1, -0.05) is 267 Å². The first-order chi connectivity index (χ1) is 50.6. The highest BCUT2D eigenvalue weighted by Gasteiger charge is 2.43. The average molecular weight is 1340 g/mol. The average Bonchev–Trinajstić information content (AvgIpc) is 0.814. The van der Waals surface area contributed by atoms with Crippen LogP contribution < -0.4 is 26.2 Å². The lowest BCUT2D eigenvalue weighted by atomic mass is 9.33. The second-order valence-electron chi connectivity index (χ2n) is 27.5. The van der Waals surface area contributed by atoms with Crippen LogP contribution in [0.3, 0.4) is 0 Å². The highest BCUT2D eigenvalue weighted by Crippen LogP contribution is 2.46. The summed E-state index contributed by atoms with van der Waals surface area (Å²) in [5, 5.41) is 7.83. The quantitative estimate of drug-likeness (QED) is 0.0948. The van der Waals surface area contributed by atoms with Crippen LogP contribution >= 0.6 is 22.7 Å². The van der Waals surface area contributed by atoms with E-state index in [-0.39, 0.29) is 6.71 Å². The van der Waals surface area contributed by atoms with Crippen LogP contribution in [0.5, 0.6) is 0 Å². The predicted octanol–water partition coefficient (Wildman–Crippen LogP) is 23.7. The Hall–Kier alpha value is -11.8. The molecule has 20 rings (SSSR count). The third kappa shape index (κ3) is 10.3. The maximum absolute atomic E-state index is 2.77. The van der Waals surface area contributed by atoms with E-state index in [1.807, 2.05) is 22.7 Å². The molecule has 0 N–H and O–H groups in total. The van der Waals surface area contributed by atoms with Gasteiger partial charge in [0.15, 0.2) is 0 Å². The van der Waals surface area contributed by atoms with E-state index < -0.39 is 0 Å². The van der Waals surface area contributed by atoms with Gasteiger partial charge in [-0.25, -0.2) is 0 Å². The van der Waals surface area contributed by atoms with Gasteiger partial charge in [-0.2, -0.15) is 0 Å². The molecule has 0 bridgehead atoms. The van der Waals surface area contributed by atoms with Gasteiger partial charge in [0, 0.05) is 105 Å². The minimum atomic E-state index is -0.0819. The number of fused-ring (bicyclic) bond motifs is 13. The Balaban J connectivity index is 0.830. The summed E-state index contributed by atoms with van der Waals surface area (Å²) in [6.07, 6.45) is 2.41. The van der Waals surface area contributed by atoms with Crippen molar-refractivity contribution in [2.24, 2.45) is 0 Å². The Morgan fingerprint density at radius 3 is 1.02 bits per heavy atom. The van der Waals surface area contributed by atoms with Crippen molar-refractivity contribution in [3.05, 3.63) is 356 Å². The summed E-state index contributed by atoms with van der Waals surface area (Å²) in [7, 11) is 0. The first-order valence-corrected chi connectivity index (χ1v) is 37.5. The van der Waals surface area contributed by atoms with Crippen LogP contribution in [0.2, 0.25) is 0 Å². The molecule has 2 aliphatic heterocycles. The Labute approximate surface area is 602 Å². The summed E-state index contributed by atoms with van der Waals surface area (Å²) in [5.74, 6) is 0. The lowest BCUT2D eigenvalue weighted by molar-refractivity contribution is 0.744. The van der Waals surface area contributed by atoms with Gasteiger partial charge < -0.3 is 14.4 Å². The van der Waals surface area contributed by atoms with Crippen molar-refractivity contribution in [3.63, 3.8) is 0 Å². The van der Waals surface area contributed by atoms with Gasteiger partial charge in [0.2, 0.25) is 0 Å². The van der Waals surface area contributed by atoms with Gasteiger partial charge in [0.1, 0.15) is 0 Å². The molecule has 0 unspecified atom stereocenters. The normalized spacial score (nSPS) is 12.5. The molecule has 3 aromatic heterocycles. The van der Waals surface area contributed by atoms with E-state index >= 15 is 0 Å². The fourth-order valence-corrected chi connectivity index (χ4v) is 19.4. The highest BCUT2D eigenvalue weighted by atomic mass is 32.1. The van der Waals surface area contributed by atoms with Crippen LogP contribution in [0.4, 0.5) is 22.7 Å². The SMILES string of the molecule is c1ccc(-c2cccc(-c3ccccc3)c2CCN2c3cc(-c4ccc5sc6ccccc6c5c4)ccc3B3c4ccc(-c5ccc6sc7ccccc7c6c5)cc4N(CCc4c(-c5ccccc5)cccc4-c4ccccc4)c4cc(CCn5c6ccccc6c6ccccc65)cc2c43)cc1. The van der Waals surface area contributed by atoms with Crippen molar-refractivity contribution >= 4 is 131 Å². The number of hydrogen-bond acceptors (Lipinski definition) is 4. The lowest BCUT2D eigenvalue weighted by Gasteiger charge is -2.45. The van der Waals surface area contributed by atoms with Gasteiger partial charge in [-0.05, 0) is 192 Å². The molecule has 0 saturated carbocycles. The molecule has 102 heavy (non-hydrogen) atoms. The Morgan fingerprint density at radius 2 is 0.598 bits per heavy atom. The van der Waals surface area contributed by atoms with Gasteiger partial charge in [0.25, 0.3) is 6.71 Å². The van der Waals surface area contributed by atoms with Crippen molar-refractivity contribution < 1.29 is 0 Å². The highest BCUT2D eigenvalue weighted by molar-refractivity contribution is 7.26. The number of thiophene rings is 2. The number of aryl methyl sites for hydroxylation is 2. The zero-order valence-corrected chi connectivity index (χ0v) is 57.9. The molecule has 0 saturated heterocycles. The zero-order chi connectivity index (χ0) is 67.2. The number of nitrogens with zero attached hydrogens (tertiary/aromatic N) is 3. The molecule has 0 aliphatic carbocycles. The molecule has 0 spiro atoms. The zero-order valence-electron chi connectivity index (χ0n) is 56.3. The standard InChI is InChI=1S/C96H68BN3S2/c1-5-23-64(24-6-1)72-35-21-36-73(65-25-7-2-8-26-65)76(72)52-55-99-88-61-70(68-45-49-94-82(59-68)80-33-15-19-41-92(80)101-94)43-47-84(88)97-85-48-44-71(69-46-50-95-83(60-69)81-34-16-20-42-93(81)102-95)62-89(85)100(56-53-77-74(66-27-9-3-10-28-66)37-22-38-75(77)67-29-11-4-12-30-67)91-58-63(57-90(99)96(91)97)51-54-98-86-39-17-13-31-78(86)79-32-14-18-40-87(79)98/h1-50,57-62H,51-56H2. The van der Waals surface area contributed by atoms with Crippen LogP contribution in [0, 0.1) is 0 Å². The number of para-hydroxylation sites is 2. The summed E-state index contributed by atoms with van der Waals surface area (Å²) >= 11 is 3.77. The second kappa shape index (κ2) is 25.1. The molecule has 0 atom stereocenters. The van der Waals surface area contributed by atoms with Gasteiger partial charge in [-0.15, -0.1) is 22.7 Å². The van der Waals surface area contributed by atoms with E-state index in [1.54, 1.807) is 0 Å². The number of anilines is 4. The summed E-state index contributed by atoms with van der Waals surface area (Å²) in [6.45, 7) is 2.20. The van der Waals surface area contributed by atoms with E-state index in [4.69, 9.17) is 0 Å². The molecule has 0 amide bonds. The minimum Gasteiger partial charge on any atom is -0.342 e. The third-order valence-electron chi connectivity index (χ3n) is 21.9. The monoisotopic (exact) mass is 1340 g/mol. The topological polar surface area (TPSA) is 11.4 Å². The fourth-order valence-electron chi connectivity index (χ4n) is 17.2. The van der Waals surface area contributed by atoms with Crippen molar-refractivity contribution in [1.82, 2.24) is 4.57 Å². The number of benzene rings is 15. The first kappa shape index (κ1) is 60.2. The van der Waals surface area contributed by atoms with Crippen molar-refractivity contribution in [3.8, 4) is 66.8 Å². The molecule has 18 aromatic rings. The molecule has 0 radical (unpaired) electrons. The van der Waals surface area contributed by atoms with Crippen LogP contribution in [-0.4, -0.2) is 24.4 Å². The van der Waals surface area contributed by atoms with Gasteiger partial charge in [0.05, 0.1) is 0 Å². The Kier molecular flexibility index (Phi) is 14.8. The molecule has 5 heterocycles. The molecule has 6 heteroatoms. The Morgan fingerprint density at radius 1 is 0.245 bits per heavy atom. The minimum absolute atomic E-state index is 0.0819. The summed E-state index contributed by atoms with van der Waals surface area (Å²) in [6, 6.07) is 129. The maximum atomic E-state index is 2.77. The molecule has 15 aromatic carbocycles. The largest absolute Gasteiger partial charge is 0.342 e. The molecule has 482 valence electrons. The molecule has 0 fully saturated rings. The maximum Gasteiger partial charge on any atom is 0.252 e. The third-order valence-corrected chi connectivity index (χ3v) is 24.2. The number of rotatable bonds is 15. The predicted molar refractivity (Wildman–Crippen MR) is 440 cm³/mol. The van der Waals surface area contributed by atoms with Crippen LogP contribution in [0.25, 0.3) is 129 Å². The first-order valence-electron chi connectivity index (χ1n) is 35.8. The van der Waals surface area contributed by atoms with Crippen LogP contribution in [0.15, 0.2) is 340 Å². The lowest BCUT2D eigenvalue weighted by Crippen LogP contribution is -2.62.